The first kappa shape index (κ1) is 15.5. The Bertz CT molecular complexity index is 1040. The summed E-state index contributed by atoms with van der Waals surface area (Å²) in [5.41, 5.74) is 5.29. The van der Waals surface area contributed by atoms with E-state index in [1.807, 2.05) is 28.9 Å². The molecule has 0 aliphatic carbocycles. The molecule has 2 aromatic carbocycles. The Morgan fingerprint density at radius 2 is 1.84 bits per heavy atom. The van der Waals surface area contributed by atoms with Gasteiger partial charge in [0.15, 0.2) is 0 Å². The molecule has 0 spiro atoms. The van der Waals surface area contributed by atoms with E-state index in [4.69, 9.17) is 0 Å². The second kappa shape index (κ2) is 6.87. The Kier molecular flexibility index (Phi) is 4.27. The largest absolute Gasteiger partial charge is 0.213 e. The van der Waals surface area contributed by atoms with Crippen molar-refractivity contribution in [1.82, 2.24) is 15.0 Å². The van der Waals surface area contributed by atoms with Crippen LogP contribution in [-0.4, -0.2) is 15.0 Å². The van der Waals surface area contributed by atoms with Gasteiger partial charge in [0.05, 0.1) is 11.2 Å². The van der Waals surface area contributed by atoms with Crippen LogP contribution in [-0.2, 0) is 0 Å². The number of hydrogen-bond donors (Lipinski definition) is 0. The highest BCUT2D eigenvalue weighted by atomic mass is 32.1. The molecule has 25 heavy (non-hydrogen) atoms. The van der Waals surface area contributed by atoms with Crippen molar-refractivity contribution in [1.29, 1.82) is 0 Å². The summed E-state index contributed by atoms with van der Waals surface area (Å²) in [7, 11) is 0. The lowest BCUT2D eigenvalue weighted by molar-refractivity contribution is 0.847. The van der Waals surface area contributed by atoms with Crippen LogP contribution in [0.1, 0.15) is 16.0 Å². The minimum atomic E-state index is 0.892. The van der Waals surface area contributed by atoms with E-state index >= 15 is 0 Å². The molecule has 0 aliphatic heterocycles. The number of aromatic nitrogens is 3. The van der Waals surface area contributed by atoms with Gasteiger partial charge in [0.2, 0.25) is 0 Å². The lowest BCUT2D eigenvalue weighted by Crippen LogP contribution is -1.97. The Balaban J connectivity index is 1.78. The SMILES string of the molecule is Cc1ccc(/C=C/C(=C/c2cccs2)n2nnc3ccccc32)cc1. The van der Waals surface area contributed by atoms with E-state index in [9.17, 15) is 0 Å². The molecular formula is C21H17N3S. The van der Waals surface area contributed by atoms with Crippen molar-refractivity contribution in [2.45, 2.75) is 6.92 Å². The van der Waals surface area contributed by atoms with Crippen molar-refractivity contribution < 1.29 is 0 Å². The standard InChI is InChI=1S/C21H17N3S/c1-16-8-10-17(11-9-16)12-13-18(15-19-5-4-14-25-19)24-21-7-3-2-6-20(21)22-23-24/h2-15H,1H3/b13-12+,18-15-. The molecule has 0 unspecified atom stereocenters. The van der Waals surface area contributed by atoms with Gasteiger partial charge in [0, 0.05) is 4.88 Å². The fourth-order valence-corrected chi connectivity index (χ4v) is 3.28. The van der Waals surface area contributed by atoms with Gasteiger partial charge in [-0.1, -0.05) is 59.3 Å². The van der Waals surface area contributed by atoms with Crippen LogP contribution in [0.5, 0.6) is 0 Å². The van der Waals surface area contributed by atoms with E-state index in [1.165, 1.54) is 10.4 Å². The highest BCUT2D eigenvalue weighted by Gasteiger charge is 2.07. The molecule has 2 heterocycles. The zero-order valence-corrected chi connectivity index (χ0v) is 14.6. The number of allylic oxidation sites excluding steroid dienone is 2. The van der Waals surface area contributed by atoms with Gasteiger partial charge in [0.1, 0.15) is 5.52 Å². The Morgan fingerprint density at radius 3 is 2.64 bits per heavy atom. The van der Waals surface area contributed by atoms with E-state index < -0.39 is 0 Å². The third-order valence-corrected chi connectivity index (χ3v) is 4.77. The van der Waals surface area contributed by atoms with E-state index in [-0.39, 0.29) is 0 Å². The minimum absolute atomic E-state index is 0.892. The zero-order chi connectivity index (χ0) is 17.1. The second-order valence-electron chi connectivity index (χ2n) is 5.82. The first-order chi connectivity index (χ1) is 12.3. The van der Waals surface area contributed by atoms with Crippen LogP contribution in [0.3, 0.4) is 0 Å². The van der Waals surface area contributed by atoms with Gasteiger partial charge in [-0.15, -0.1) is 16.4 Å². The lowest BCUT2D eigenvalue weighted by Gasteiger charge is -2.04. The molecule has 0 bridgehead atoms. The molecule has 4 rings (SSSR count). The van der Waals surface area contributed by atoms with Crippen molar-refractivity contribution in [2.24, 2.45) is 0 Å². The highest BCUT2D eigenvalue weighted by molar-refractivity contribution is 7.10. The molecule has 3 nitrogen and oxygen atoms in total. The van der Waals surface area contributed by atoms with Gasteiger partial charge in [-0.3, -0.25) is 0 Å². The van der Waals surface area contributed by atoms with Crippen LogP contribution in [0.15, 0.2) is 72.1 Å². The fourth-order valence-electron chi connectivity index (χ4n) is 2.62. The smallest absolute Gasteiger partial charge is 0.113 e. The number of aryl methyl sites for hydroxylation is 1. The molecule has 122 valence electrons. The molecule has 0 atom stereocenters. The van der Waals surface area contributed by atoms with Crippen molar-refractivity contribution in [3.05, 3.63) is 88.1 Å². The van der Waals surface area contributed by atoms with E-state index in [0.29, 0.717) is 0 Å². The van der Waals surface area contributed by atoms with Crippen molar-refractivity contribution in [2.75, 3.05) is 0 Å². The summed E-state index contributed by atoms with van der Waals surface area (Å²) in [4.78, 5) is 1.18. The van der Waals surface area contributed by atoms with Gasteiger partial charge in [-0.25, -0.2) is 4.68 Å². The van der Waals surface area contributed by atoms with E-state index in [2.05, 4.69) is 77.2 Å². The monoisotopic (exact) mass is 343 g/mol. The number of hydrogen-bond acceptors (Lipinski definition) is 3. The third kappa shape index (κ3) is 3.44. The van der Waals surface area contributed by atoms with Gasteiger partial charge >= 0.3 is 0 Å². The predicted octanol–water partition coefficient (Wildman–Crippen LogP) is 5.51. The molecule has 4 heteroatoms. The first-order valence-electron chi connectivity index (χ1n) is 8.10. The maximum atomic E-state index is 4.35. The number of nitrogens with zero attached hydrogens (tertiary/aromatic N) is 3. The number of benzene rings is 2. The molecule has 0 saturated heterocycles. The molecule has 0 radical (unpaired) electrons. The van der Waals surface area contributed by atoms with Crippen LogP contribution in [0.25, 0.3) is 28.9 Å². The Hall–Kier alpha value is -2.98. The van der Waals surface area contributed by atoms with Crippen molar-refractivity contribution >= 4 is 40.2 Å². The van der Waals surface area contributed by atoms with Gasteiger partial charge < -0.3 is 0 Å². The van der Waals surface area contributed by atoms with Gasteiger partial charge in [-0.05, 0) is 48.2 Å². The molecule has 0 amide bonds. The Morgan fingerprint density at radius 1 is 1.00 bits per heavy atom. The normalized spacial score (nSPS) is 12.3. The number of rotatable bonds is 4. The van der Waals surface area contributed by atoms with Crippen LogP contribution in [0, 0.1) is 6.92 Å². The summed E-state index contributed by atoms with van der Waals surface area (Å²) >= 11 is 1.71. The number of thiophene rings is 1. The predicted molar refractivity (Wildman–Crippen MR) is 106 cm³/mol. The summed E-state index contributed by atoms with van der Waals surface area (Å²) in [5.74, 6) is 0. The summed E-state index contributed by atoms with van der Waals surface area (Å²) in [6, 6.07) is 20.6. The quantitative estimate of drug-likeness (QED) is 0.457. The first-order valence-corrected chi connectivity index (χ1v) is 8.98. The third-order valence-electron chi connectivity index (χ3n) is 3.95. The molecule has 4 aromatic rings. The summed E-state index contributed by atoms with van der Waals surface area (Å²) in [6.45, 7) is 2.09. The van der Waals surface area contributed by atoms with Gasteiger partial charge in [-0.2, -0.15) is 0 Å². The van der Waals surface area contributed by atoms with Crippen LogP contribution < -0.4 is 0 Å². The molecule has 2 aromatic heterocycles. The minimum Gasteiger partial charge on any atom is -0.213 e. The van der Waals surface area contributed by atoms with Crippen molar-refractivity contribution in [3.63, 3.8) is 0 Å². The average Bonchev–Trinajstić information content (AvgIpc) is 3.29. The van der Waals surface area contributed by atoms with Crippen LogP contribution >= 0.6 is 11.3 Å². The molecule has 0 saturated carbocycles. The maximum Gasteiger partial charge on any atom is 0.113 e. The van der Waals surface area contributed by atoms with Crippen LogP contribution in [0.4, 0.5) is 0 Å². The van der Waals surface area contributed by atoms with E-state index in [0.717, 1.165) is 22.3 Å². The van der Waals surface area contributed by atoms with E-state index in [1.54, 1.807) is 11.3 Å². The Labute approximate surface area is 150 Å². The summed E-state index contributed by atoms with van der Waals surface area (Å²) in [5, 5.41) is 10.7. The summed E-state index contributed by atoms with van der Waals surface area (Å²) < 4.78 is 1.89. The molecular weight excluding hydrogens is 326 g/mol. The zero-order valence-electron chi connectivity index (χ0n) is 13.8. The fraction of sp³-hybridized carbons (Fsp3) is 0.0476. The molecule has 0 fully saturated rings. The molecule has 0 N–H and O–H groups in total. The topological polar surface area (TPSA) is 30.7 Å². The summed E-state index contributed by atoms with van der Waals surface area (Å²) in [6.07, 6.45) is 6.33. The highest BCUT2D eigenvalue weighted by Crippen LogP contribution is 2.21. The van der Waals surface area contributed by atoms with Crippen molar-refractivity contribution in [3.8, 4) is 0 Å². The van der Waals surface area contributed by atoms with Gasteiger partial charge in [0.25, 0.3) is 0 Å². The molecule has 0 aliphatic rings. The number of para-hydroxylation sites is 1. The average molecular weight is 343 g/mol. The number of fused-ring (bicyclic) bond motifs is 1. The second-order valence-corrected chi connectivity index (χ2v) is 6.80. The lowest BCUT2D eigenvalue weighted by atomic mass is 10.1. The van der Waals surface area contributed by atoms with Crippen LogP contribution in [0.2, 0.25) is 0 Å². The maximum absolute atomic E-state index is 4.35.